The zero-order valence-electron chi connectivity index (χ0n) is 8.79. The Morgan fingerprint density at radius 3 is 2.33 bits per heavy atom. The van der Waals surface area contributed by atoms with Gasteiger partial charge in [0.05, 0.1) is 12.0 Å². The van der Waals surface area contributed by atoms with Crippen LogP contribution in [-0.2, 0) is 0 Å². The standard InChI is InChI=1S/C10H9ClF4O3/c11-4-8(16)9(17)6-2-1-5(3-7(6)12)18-10(13,14)15/h1-3,8-9,16-17H,4H2. The number of aliphatic hydroxyl groups is 2. The molecule has 0 saturated carbocycles. The lowest BCUT2D eigenvalue weighted by Gasteiger charge is -2.17. The maximum Gasteiger partial charge on any atom is 0.573 e. The molecule has 0 fully saturated rings. The summed E-state index contributed by atoms with van der Waals surface area (Å²) in [4.78, 5) is 0. The molecule has 1 aromatic carbocycles. The minimum absolute atomic E-state index is 0.346. The van der Waals surface area contributed by atoms with Crippen molar-refractivity contribution in [3.8, 4) is 5.75 Å². The maximum absolute atomic E-state index is 13.4. The Bertz CT molecular complexity index is 411. The first-order valence-corrected chi connectivity index (χ1v) is 5.25. The molecule has 0 amide bonds. The third kappa shape index (κ3) is 4.01. The molecule has 0 bridgehead atoms. The van der Waals surface area contributed by atoms with Crippen molar-refractivity contribution < 1.29 is 32.5 Å². The molecule has 3 nitrogen and oxygen atoms in total. The van der Waals surface area contributed by atoms with Gasteiger partial charge in [-0.3, -0.25) is 0 Å². The van der Waals surface area contributed by atoms with Gasteiger partial charge in [-0.2, -0.15) is 0 Å². The van der Waals surface area contributed by atoms with Crippen LogP contribution in [0.4, 0.5) is 17.6 Å². The van der Waals surface area contributed by atoms with Gasteiger partial charge in [-0.15, -0.1) is 24.8 Å². The van der Waals surface area contributed by atoms with Gasteiger partial charge in [0, 0.05) is 11.6 Å². The second-order valence-electron chi connectivity index (χ2n) is 3.40. The number of rotatable bonds is 4. The molecular formula is C10H9ClF4O3. The summed E-state index contributed by atoms with van der Waals surface area (Å²) in [7, 11) is 0. The highest BCUT2D eigenvalue weighted by Gasteiger charge is 2.31. The summed E-state index contributed by atoms with van der Waals surface area (Å²) in [6.45, 7) is 0. The molecule has 0 heterocycles. The van der Waals surface area contributed by atoms with Crippen molar-refractivity contribution in [2.75, 3.05) is 5.88 Å². The lowest BCUT2D eigenvalue weighted by Crippen LogP contribution is -2.21. The van der Waals surface area contributed by atoms with Crippen LogP contribution < -0.4 is 4.74 Å². The van der Waals surface area contributed by atoms with E-state index in [1.165, 1.54) is 0 Å². The molecule has 2 atom stereocenters. The van der Waals surface area contributed by atoms with Crippen molar-refractivity contribution in [3.63, 3.8) is 0 Å². The van der Waals surface area contributed by atoms with Crippen LogP contribution in [0.1, 0.15) is 11.7 Å². The Hall–Kier alpha value is -1.05. The van der Waals surface area contributed by atoms with Crippen molar-refractivity contribution in [3.05, 3.63) is 29.6 Å². The molecule has 2 N–H and O–H groups in total. The van der Waals surface area contributed by atoms with Gasteiger partial charge in [0.25, 0.3) is 0 Å². The summed E-state index contributed by atoms with van der Waals surface area (Å²) in [5.74, 6) is -2.23. The fourth-order valence-electron chi connectivity index (χ4n) is 1.24. The highest BCUT2D eigenvalue weighted by atomic mass is 35.5. The van der Waals surface area contributed by atoms with Crippen LogP contribution in [0.2, 0.25) is 0 Å². The predicted molar refractivity (Wildman–Crippen MR) is 54.8 cm³/mol. The second kappa shape index (κ2) is 5.73. The minimum atomic E-state index is -4.93. The van der Waals surface area contributed by atoms with E-state index in [9.17, 15) is 27.8 Å². The number of hydrogen-bond donors (Lipinski definition) is 2. The van der Waals surface area contributed by atoms with Gasteiger partial charge in [0.2, 0.25) is 0 Å². The second-order valence-corrected chi connectivity index (χ2v) is 3.71. The third-order valence-electron chi connectivity index (χ3n) is 2.05. The molecule has 0 radical (unpaired) electrons. The van der Waals surface area contributed by atoms with E-state index in [0.29, 0.717) is 6.07 Å². The predicted octanol–water partition coefficient (Wildman–Crippen LogP) is 2.36. The van der Waals surface area contributed by atoms with Crippen LogP contribution in [-0.4, -0.2) is 28.6 Å². The lowest BCUT2D eigenvalue weighted by molar-refractivity contribution is -0.274. The normalized spacial score (nSPS) is 15.3. The molecule has 102 valence electrons. The molecule has 8 heteroatoms. The van der Waals surface area contributed by atoms with E-state index in [4.69, 9.17) is 11.6 Å². The fourth-order valence-corrected chi connectivity index (χ4v) is 1.41. The maximum atomic E-state index is 13.4. The van der Waals surface area contributed by atoms with Gasteiger partial charge < -0.3 is 14.9 Å². The monoisotopic (exact) mass is 288 g/mol. The van der Waals surface area contributed by atoms with Gasteiger partial charge in [0.1, 0.15) is 17.7 Å². The first-order valence-electron chi connectivity index (χ1n) is 4.72. The van der Waals surface area contributed by atoms with Crippen LogP contribution in [0.15, 0.2) is 18.2 Å². The SMILES string of the molecule is OC(CCl)C(O)c1ccc(OC(F)(F)F)cc1F. The van der Waals surface area contributed by atoms with Crippen LogP contribution in [0.25, 0.3) is 0 Å². The van der Waals surface area contributed by atoms with Crippen LogP contribution >= 0.6 is 11.6 Å². The Kier molecular flexibility index (Phi) is 4.78. The van der Waals surface area contributed by atoms with Gasteiger partial charge in [-0.05, 0) is 12.1 Å². The smallest absolute Gasteiger partial charge is 0.406 e. The van der Waals surface area contributed by atoms with Crippen molar-refractivity contribution in [2.24, 2.45) is 0 Å². The molecule has 0 aromatic heterocycles. The van der Waals surface area contributed by atoms with Gasteiger partial charge in [-0.1, -0.05) is 0 Å². The van der Waals surface area contributed by atoms with Gasteiger partial charge >= 0.3 is 6.36 Å². The van der Waals surface area contributed by atoms with Crippen LogP contribution in [0.3, 0.4) is 0 Å². The Labute approximate surface area is 105 Å². The van der Waals surface area contributed by atoms with Gasteiger partial charge in [0.15, 0.2) is 0 Å². The van der Waals surface area contributed by atoms with Crippen molar-refractivity contribution in [1.29, 1.82) is 0 Å². The zero-order valence-corrected chi connectivity index (χ0v) is 9.54. The number of alkyl halides is 4. The number of halogens is 5. The van der Waals surface area contributed by atoms with E-state index >= 15 is 0 Å². The molecule has 0 aliphatic heterocycles. The summed E-state index contributed by atoms with van der Waals surface area (Å²) >= 11 is 5.26. The number of benzene rings is 1. The van der Waals surface area contributed by atoms with E-state index in [1.54, 1.807) is 0 Å². The van der Waals surface area contributed by atoms with E-state index in [1.807, 2.05) is 0 Å². The Morgan fingerprint density at radius 2 is 1.89 bits per heavy atom. The average molecular weight is 289 g/mol. The van der Waals surface area contributed by atoms with Gasteiger partial charge in [-0.25, -0.2) is 4.39 Å². The molecule has 0 aliphatic carbocycles. The molecule has 0 spiro atoms. The minimum Gasteiger partial charge on any atom is -0.406 e. The fraction of sp³-hybridized carbons (Fsp3) is 0.400. The zero-order chi connectivity index (χ0) is 13.9. The summed E-state index contributed by atoms with van der Waals surface area (Å²) < 4.78 is 52.5. The number of aliphatic hydroxyl groups excluding tert-OH is 2. The van der Waals surface area contributed by atoms with Crippen molar-refractivity contribution >= 4 is 11.6 Å². The largest absolute Gasteiger partial charge is 0.573 e. The molecule has 1 rings (SSSR count). The Balaban J connectivity index is 2.92. The highest BCUT2D eigenvalue weighted by molar-refractivity contribution is 6.18. The van der Waals surface area contributed by atoms with E-state index in [-0.39, 0.29) is 11.4 Å². The summed E-state index contributed by atoms with van der Waals surface area (Å²) in [6.07, 6.45) is -7.97. The first kappa shape index (κ1) is 15.0. The lowest BCUT2D eigenvalue weighted by atomic mass is 10.0. The molecule has 0 aliphatic rings. The van der Waals surface area contributed by atoms with E-state index < -0.39 is 30.1 Å². The van der Waals surface area contributed by atoms with Crippen LogP contribution in [0, 0.1) is 5.82 Å². The molecule has 0 saturated heterocycles. The van der Waals surface area contributed by atoms with Crippen molar-refractivity contribution in [1.82, 2.24) is 0 Å². The number of hydrogen-bond acceptors (Lipinski definition) is 3. The highest BCUT2D eigenvalue weighted by Crippen LogP contribution is 2.28. The molecule has 2 unspecified atom stereocenters. The topological polar surface area (TPSA) is 49.7 Å². The Morgan fingerprint density at radius 1 is 1.28 bits per heavy atom. The third-order valence-corrected chi connectivity index (χ3v) is 2.36. The quantitative estimate of drug-likeness (QED) is 0.660. The molecule has 18 heavy (non-hydrogen) atoms. The molecule has 1 aromatic rings. The number of ether oxygens (including phenoxy) is 1. The first-order chi connectivity index (χ1) is 8.24. The van der Waals surface area contributed by atoms with Crippen LogP contribution in [0.5, 0.6) is 5.75 Å². The average Bonchev–Trinajstić information content (AvgIpc) is 2.25. The summed E-state index contributed by atoms with van der Waals surface area (Å²) in [5, 5.41) is 18.7. The van der Waals surface area contributed by atoms with E-state index in [0.717, 1.165) is 12.1 Å². The van der Waals surface area contributed by atoms with Crippen molar-refractivity contribution in [2.45, 2.75) is 18.6 Å². The molecular weight excluding hydrogens is 280 g/mol. The summed E-state index contributed by atoms with van der Waals surface area (Å²) in [6, 6.07) is 2.18. The summed E-state index contributed by atoms with van der Waals surface area (Å²) in [5.41, 5.74) is -0.363. The van der Waals surface area contributed by atoms with E-state index in [2.05, 4.69) is 4.74 Å².